The van der Waals surface area contributed by atoms with Crippen LogP contribution in [0, 0.1) is 22.0 Å². The first kappa shape index (κ1) is 13.6. The topological polar surface area (TPSA) is 98.3 Å². The molecule has 19 heavy (non-hydrogen) atoms. The van der Waals surface area contributed by atoms with Crippen LogP contribution < -0.4 is 11.1 Å². The molecule has 0 heterocycles. The van der Waals surface area contributed by atoms with Crippen LogP contribution in [0.1, 0.15) is 23.7 Å². The van der Waals surface area contributed by atoms with Crippen molar-refractivity contribution in [3.8, 4) is 0 Å². The van der Waals surface area contributed by atoms with Gasteiger partial charge < -0.3 is 11.1 Å². The van der Waals surface area contributed by atoms with E-state index in [-0.39, 0.29) is 27.9 Å². The van der Waals surface area contributed by atoms with Gasteiger partial charge in [-0.05, 0) is 24.3 Å². The Morgan fingerprint density at radius 3 is 2.79 bits per heavy atom. The Morgan fingerprint density at radius 1 is 1.63 bits per heavy atom. The number of carbonyl (C=O) groups is 1. The Hall–Kier alpha value is -1.82. The summed E-state index contributed by atoms with van der Waals surface area (Å²) in [6.07, 6.45) is 1.10. The zero-order chi connectivity index (χ0) is 14.2. The molecule has 0 saturated heterocycles. The summed E-state index contributed by atoms with van der Waals surface area (Å²) in [6.45, 7) is 2.69. The van der Waals surface area contributed by atoms with E-state index in [1.807, 2.05) is 0 Å². The minimum absolute atomic E-state index is 0.0131. The van der Waals surface area contributed by atoms with Gasteiger partial charge >= 0.3 is 0 Å². The van der Waals surface area contributed by atoms with Gasteiger partial charge in [0.1, 0.15) is 5.69 Å². The molecule has 0 aromatic heterocycles. The van der Waals surface area contributed by atoms with E-state index in [1.54, 1.807) is 0 Å². The van der Waals surface area contributed by atoms with E-state index in [2.05, 4.69) is 12.2 Å². The van der Waals surface area contributed by atoms with Crippen molar-refractivity contribution in [2.24, 2.45) is 11.8 Å². The van der Waals surface area contributed by atoms with Crippen molar-refractivity contribution < 1.29 is 9.72 Å². The number of hydrogen-bond donors (Lipinski definition) is 2. The first-order chi connectivity index (χ1) is 8.90. The van der Waals surface area contributed by atoms with Crippen LogP contribution >= 0.6 is 11.6 Å². The quantitative estimate of drug-likeness (QED) is 0.503. The second-order valence-corrected chi connectivity index (χ2v) is 5.24. The number of carbonyl (C=O) groups excluding carboxylic acids is 1. The molecule has 3 N–H and O–H groups in total. The molecule has 1 amide bonds. The predicted molar refractivity (Wildman–Crippen MR) is 72.1 cm³/mol. The van der Waals surface area contributed by atoms with E-state index in [0.717, 1.165) is 12.5 Å². The number of benzene rings is 1. The molecule has 0 radical (unpaired) electrons. The number of halogens is 1. The Kier molecular flexibility index (Phi) is 3.61. The lowest BCUT2D eigenvalue weighted by molar-refractivity contribution is -0.383. The van der Waals surface area contributed by atoms with Crippen LogP contribution in [0.25, 0.3) is 0 Å². The molecule has 1 aromatic carbocycles. The number of hydrogen-bond acceptors (Lipinski definition) is 4. The molecule has 1 aliphatic rings. The molecule has 1 fully saturated rings. The van der Waals surface area contributed by atoms with Crippen molar-refractivity contribution in [3.05, 3.63) is 32.8 Å². The molecule has 102 valence electrons. The minimum Gasteiger partial charge on any atom is -0.392 e. The van der Waals surface area contributed by atoms with E-state index in [0.29, 0.717) is 18.4 Å². The number of amides is 1. The molecule has 0 bridgehead atoms. The molecule has 2 rings (SSSR count). The summed E-state index contributed by atoms with van der Waals surface area (Å²) in [5.41, 5.74) is 5.17. The monoisotopic (exact) mass is 283 g/mol. The molecule has 6 nitrogen and oxygen atoms in total. The Labute approximate surface area is 115 Å². The molecule has 2 atom stereocenters. The van der Waals surface area contributed by atoms with Gasteiger partial charge in [-0.2, -0.15) is 0 Å². The highest BCUT2D eigenvalue weighted by atomic mass is 35.5. The lowest BCUT2D eigenvalue weighted by Crippen LogP contribution is -2.26. The highest BCUT2D eigenvalue weighted by Gasteiger charge is 2.32. The number of anilines is 1. The lowest BCUT2D eigenvalue weighted by Gasteiger charge is -2.06. The highest BCUT2D eigenvalue weighted by molar-refractivity contribution is 6.34. The van der Waals surface area contributed by atoms with Gasteiger partial charge in [0.2, 0.25) is 0 Å². The zero-order valence-electron chi connectivity index (χ0n) is 10.4. The summed E-state index contributed by atoms with van der Waals surface area (Å²) in [5.74, 6) is 0.761. The number of nitro benzene ring substituents is 1. The second-order valence-electron chi connectivity index (χ2n) is 4.83. The summed E-state index contributed by atoms with van der Waals surface area (Å²) in [7, 11) is 0. The lowest BCUT2D eigenvalue weighted by atomic mass is 10.1. The van der Waals surface area contributed by atoms with Gasteiger partial charge in [0.25, 0.3) is 11.6 Å². The zero-order valence-corrected chi connectivity index (χ0v) is 11.1. The first-order valence-corrected chi connectivity index (χ1v) is 6.29. The van der Waals surface area contributed by atoms with Crippen LogP contribution in [0.15, 0.2) is 12.1 Å². The fourth-order valence-electron chi connectivity index (χ4n) is 1.89. The summed E-state index contributed by atoms with van der Waals surface area (Å²) >= 11 is 5.80. The van der Waals surface area contributed by atoms with Crippen molar-refractivity contribution in [2.75, 3.05) is 12.3 Å². The molecule has 0 spiro atoms. The van der Waals surface area contributed by atoms with E-state index in [4.69, 9.17) is 17.3 Å². The molecule has 1 saturated carbocycles. The van der Waals surface area contributed by atoms with E-state index >= 15 is 0 Å². The molecule has 1 aromatic rings. The summed E-state index contributed by atoms with van der Waals surface area (Å²) < 4.78 is 0. The minimum atomic E-state index is -0.652. The van der Waals surface area contributed by atoms with Crippen molar-refractivity contribution in [1.82, 2.24) is 5.32 Å². The first-order valence-electron chi connectivity index (χ1n) is 5.91. The Bertz CT molecular complexity index is 547. The SMILES string of the molecule is CC1CC1CNC(=O)c1cc(Cl)c(N)c([N+](=O)[O-])c1. The third-order valence-electron chi connectivity index (χ3n) is 3.37. The van der Waals surface area contributed by atoms with Crippen molar-refractivity contribution in [1.29, 1.82) is 0 Å². The van der Waals surface area contributed by atoms with Crippen LogP contribution in [-0.4, -0.2) is 17.4 Å². The van der Waals surface area contributed by atoms with Crippen LogP contribution in [0.2, 0.25) is 5.02 Å². The van der Waals surface area contributed by atoms with Crippen molar-refractivity contribution in [2.45, 2.75) is 13.3 Å². The van der Waals surface area contributed by atoms with Crippen LogP contribution in [0.4, 0.5) is 11.4 Å². The fourth-order valence-corrected chi connectivity index (χ4v) is 2.11. The van der Waals surface area contributed by atoms with Gasteiger partial charge in [-0.1, -0.05) is 18.5 Å². The number of nitrogens with zero attached hydrogens (tertiary/aromatic N) is 1. The smallest absolute Gasteiger partial charge is 0.294 e. The van der Waals surface area contributed by atoms with Crippen LogP contribution in [-0.2, 0) is 0 Å². The second kappa shape index (κ2) is 5.05. The molecule has 7 heteroatoms. The van der Waals surface area contributed by atoms with Gasteiger partial charge in [0, 0.05) is 18.2 Å². The normalized spacial score (nSPS) is 20.9. The maximum absolute atomic E-state index is 11.9. The van der Waals surface area contributed by atoms with Gasteiger partial charge in [0.05, 0.1) is 9.95 Å². The van der Waals surface area contributed by atoms with Crippen LogP contribution in [0.3, 0.4) is 0 Å². The third-order valence-corrected chi connectivity index (χ3v) is 3.68. The average Bonchev–Trinajstić information content (AvgIpc) is 3.05. The maximum atomic E-state index is 11.9. The summed E-state index contributed by atoms with van der Waals surface area (Å²) in [4.78, 5) is 22.0. The Morgan fingerprint density at radius 2 is 2.26 bits per heavy atom. The van der Waals surface area contributed by atoms with E-state index < -0.39 is 4.92 Å². The summed E-state index contributed by atoms with van der Waals surface area (Å²) in [5, 5.41) is 13.6. The molecule has 1 aliphatic carbocycles. The number of nitrogens with one attached hydrogen (secondary N) is 1. The maximum Gasteiger partial charge on any atom is 0.294 e. The van der Waals surface area contributed by atoms with Gasteiger partial charge in [-0.15, -0.1) is 0 Å². The van der Waals surface area contributed by atoms with E-state index in [9.17, 15) is 14.9 Å². The third kappa shape index (κ3) is 2.96. The van der Waals surface area contributed by atoms with E-state index in [1.165, 1.54) is 6.07 Å². The number of nitro groups is 1. The number of rotatable bonds is 4. The fraction of sp³-hybridized carbons (Fsp3) is 0.417. The van der Waals surface area contributed by atoms with Gasteiger partial charge in [0.15, 0.2) is 0 Å². The summed E-state index contributed by atoms with van der Waals surface area (Å²) in [6, 6.07) is 2.49. The van der Waals surface area contributed by atoms with Crippen molar-refractivity contribution >= 4 is 28.9 Å². The standard InChI is InChI=1S/C12H14ClN3O3/c1-6-2-8(6)5-15-12(17)7-3-9(13)11(14)10(4-7)16(18)19/h3-4,6,8H,2,5,14H2,1H3,(H,15,17). The largest absolute Gasteiger partial charge is 0.392 e. The highest BCUT2D eigenvalue weighted by Crippen LogP contribution is 2.37. The predicted octanol–water partition coefficient (Wildman–Crippen LogP) is 2.22. The van der Waals surface area contributed by atoms with Crippen LogP contribution in [0.5, 0.6) is 0 Å². The molecule has 0 aliphatic heterocycles. The van der Waals surface area contributed by atoms with Gasteiger partial charge in [-0.25, -0.2) is 0 Å². The number of nitrogens with two attached hydrogens (primary N) is 1. The average molecular weight is 284 g/mol. The molecule has 2 unspecified atom stereocenters. The number of nitrogen functional groups attached to an aromatic ring is 1. The molecular weight excluding hydrogens is 270 g/mol. The Balaban J connectivity index is 2.14. The van der Waals surface area contributed by atoms with Crippen molar-refractivity contribution in [3.63, 3.8) is 0 Å². The molecular formula is C12H14ClN3O3. The van der Waals surface area contributed by atoms with Gasteiger partial charge in [-0.3, -0.25) is 14.9 Å².